The van der Waals surface area contributed by atoms with Crippen molar-refractivity contribution < 1.29 is 23.9 Å². The van der Waals surface area contributed by atoms with E-state index in [2.05, 4.69) is 15.6 Å². The van der Waals surface area contributed by atoms with Crippen LogP contribution in [0.3, 0.4) is 0 Å². The lowest BCUT2D eigenvalue weighted by Gasteiger charge is -2.27. The molecule has 10 nitrogen and oxygen atoms in total. The summed E-state index contributed by atoms with van der Waals surface area (Å²) in [6.07, 6.45) is -0.243. The van der Waals surface area contributed by atoms with Gasteiger partial charge in [-0.05, 0) is 56.2 Å². The maximum atomic E-state index is 12.5. The quantitative estimate of drug-likeness (QED) is 0.447. The van der Waals surface area contributed by atoms with Crippen molar-refractivity contribution >= 4 is 46.8 Å². The Morgan fingerprint density at radius 1 is 1.20 bits per heavy atom. The molecule has 2 aromatic carbocycles. The molecule has 0 spiro atoms. The number of hydrogen-bond donors (Lipinski definition) is 3. The first-order valence-electron chi connectivity index (χ1n) is 10.7. The molecule has 3 rings (SSSR count). The molecule has 3 N–H and O–H groups in total. The van der Waals surface area contributed by atoms with E-state index < -0.39 is 18.0 Å². The van der Waals surface area contributed by atoms with Crippen LogP contribution in [-0.4, -0.2) is 48.5 Å². The van der Waals surface area contributed by atoms with Crippen molar-refractivity contribution in [3.63, 3.8) is 0 Å². The normalized spacial score (nSPS) is 13.3. The Hall–Kier alpha value is -3.52. The summed E-state index contributed by atoms with van der Waals surface area (Å²) >= 11 is 12.7. The molecule has 1 atom stereocenters. The molecule has 1 heterocycles. The Balaban J connectivity index is 1.68. The van der Waals surface area contributed by atoms with E-state index in [4.69, 9.17) is 27.9 Å². The monoisotopic (exact) mass is 519 g/mol. The van der Waals surface area contributed by atoms with Gasteiger partial charge in [-0.2, -0.15) is 5.26 Å². The van der Waals surface area contributed by atoms with Gasteiger partial charge >= 0.3 is 6.09 Å². The van der Waals surface area contributed by atoms with Crippen LogP contribution in [0.1, 0.15) is 29.8 Å². The Morgan fingerprint density at radius 3 is 2.54 bits per heavy atom. The number of hydrazine groups is 1. The number of hydrogen-bond acceptors (Lipinski definition) is 8. The van der Waals surface area contributed by atoms with Gasteiger partial charge in [-0.25, -0.2) is 10.2 Å². The summed E-state index contributed by atoms with van der Waals surface area (Å²) in [5.74, 6) is -0.230. The third-order valence-corrected chi connectivity index (χ3v) is 5.66. The molecular weight excluding hydrogens is 497 g/mol. The number of alkyl carbamates (subject to hydrolysis) is 1. The van der Waals surface area contributed by atoms with Gasteiger partial charge in [0.15, 0.2) is 11.8 Å². The number of amides is 3. The average Bonchev–Trinajstić information content (AvgIpc) is 2.82. The molecule has 2 aromatic rings. The first-order valence-corrected chi connectivity index (χ1v) is 11.5. The zero-order valence-electron chi connectivity index (χ0n) is 19.0. The molecule has 0 radical (unpaired) electrons. The molecule has 35 heavy (non-hydrogen) atoms. The van der Waals surface area contributed by atoms with Crippen molar-refractivity contribution in [3.8, 4) is 17.6 Å². The van der Waals surface area contributed by atoms with Gasteiger partial charge in [0.25, 0.3) is 11.8 Å². The fourth-order valence-electron chi connectivity index (χ4n) is 3.38. The van der Waals surface area contributed by atoms with Gasteiger partial charge < -0.3 is 19.8 Å². The topological polar surface area (TPSA) is 133 Å². The van der Waals surface area contributed by atoms with Crippen LogP contribution in [0.4, 0.5) is 10.5 Å². The number of ether oxygens (including phenoxy) is 2. The van der Waals surface area contributed by atoms with Gasteiger partial charge in [0.2, 0.25) is 0 Å². The molecule has 0 aliphatic carbocycles. The Labute approximate surface area is 212 Å². The fraction of sp³-hybridized carbons (Fsp3) is 0.304. The molecule has 1 aliphatic rings. The number of nitrogens with zero attached hydrogens (tertiary/aromatic N) is 2. The number of carbonyl (C=O) groups is 3. The summed E-state index contributed by atoms with van der Waals surface area (Å²) in [6.45, 7) is 4.90. The van der Waals surface area contributed by atoms with Crippen molar-refractivity contribution in [1.29, 1.82) is 5.26 Å². The van der Waals surface area contributed by atoms with Crippen LogP contribution in [0.15, 0.2) is 30.3 Å². The highest BCUT2D eigenvalue weighted by molar-refractivity contribution is 6.37. The number of benzene rings is 2. The summed E-state index contributed by atoms with van der Waals surface area (Å²) in [5.41, 5.74) is 7.01. The number of likely N-dealkylation sites (N-methyl/N-ethyl adjacent to an activating group) is 1. The predicted octanol–water partition coefficient (Wildman–Crippen LogP) is 3.89. The molecule has 0 aromatic heterocycles. The Kier molecular flexibility index (Phi) is 8.76. The molecule has 3 amide bonds. The number of rotatable bonds is 8. The van der Waals surface area contributed by atoms with Crippen LogP contribution in [-0.2, 0) is 16.0 Å². The fourth-order valence-corrected chi connectivity index (χ4v) is 3.94. The van der Waals surface area contributed by atoms with Gasteiger partial charge in [-0.1, -0.05) is 23.2 Å². The van der Waals surface area contributed by atoms with Crippen LogP contribution < -0.4 is 20.9 Å². The number of carbonyl (C=O) groups excluding carboxylic acids is 3. The number of nitriles is 1. The largest absolute Gasteiger partial charge is 0.454 e. The van der Waals surface area contributed by atoms with Gasteiger partial charge in [-0.15, -0.1) is 0 Å². The molecule has 0 fully saturated rings. The zero-order chi connectivity index (χ0) is 25.5. The minimum Gasteiger partial charge on any atom is -0.454 e. The Bertz CT molecular complexity index is 1160. The zero-order valence-corrected chi connectivity index (χ0v) is 20.5. The molecule has 0 saturated carbocycles. The van der Waals surface area contributed by atoms with Gasteiger partial charge in [-0.3, -0.25) is 14.9 Å². The minimum absolute atomic E-state index is 0.00842. The molecule has 1 unspecified atom stereocenters. The van der Waals surface area contributed by atoms with Crippen LogP contribution in [0.2, 0.25) is 10.0 Å². The second-order valence-corrected chi connectivity index (χ2v) is 8.18. The lowest BCUT2D eigenvalue weighted by molar-refractivity contribution is -0.121. The standard InChI is InChI=1S/C23H23Cl2N5O5/c1-3-30-8-7-13-9-15(5-6-16(13)22(30)32)35-20-17(24)10-14(11-18(20)25)28-29-19(12-26)21(31)27-23(33)34-4-2/h5-6,9-11,19,28-29H,3-4,7-8H2,1-2H3,(H,27,31,33). The molecule has 184 valence electrons. The van der Waals surface area contributed by atoms with Gasteiger partial charge in [0.1, 0.15) is 5.75 Å². The van der Waals surface area contributed by atoms with E-state index >= 15 is 0 Å². The van der Waals surface area contributed by atoms with Crippen molar-refractivity contribution in [3.05, 3.63) is 51.5 Å². The number of nitrogens with one attached hydrogen (secondary N) is 3. The van der Waals surface area contributed by atoms with E-state index in [0.717, 1.165) is 5.56 Å². The lowest BCUT2D eigenvalue weighted by atomic mass is 9.99. The van der Waals surface area contributed by atoms with E-state index in [-0.39, 0.29) is 28.3 Å². The van der Waals surface area contributed by atoms with E-state index in [1.807, 2.05) is 12.2 Å². The van der Waals surface area contributed by atoms with Crippen LogP contribution in [0, 0.1) is 11.3 Å². The van der Waals surface area contributed by atoms with Gasteiger partial charge in [0, 0.05) is 18.7 Å². The van der Waals surface area contributed by atoms with Crippen molar-refractivity contribution in [2.75, 3.05) is 25.1 Å². The van der Waals surface area contributed by atoms with Crippen LogP contribution >= 0.6 is 23.2 Å². The summed E-state index contributed by atoms with van der Waals surface area (Å²) in [5, 5.41) is 11.5. The maximum Gasteiger partial charge on any atom is 0.413 e. The summed E-state index contributed by atoms with van der Waals surface area (Å²) in [7, 11) is 0. The second-order valence-electron chi connectivity index (χ2n) is 7.37. The maximum absolute atomic E-state index is 12.5. The molecular formula is C23H23Cl2N5O5. The first-order chi connectivity index (χ1) is 16.8. The summed E-state index contributed by atoms with van der Waals surface area (Å²) < 4.78 is 10.5. The average molecular weight is 520 g/mol. The minimum atomic E-state index is -1.41. The number of anilines is 1. The second kappa shape index (κ2) is 11.8. The molecule has 1 aliphatic heterocycles. The van der Waals surface area contributed by atoms with E-state index in [1.54, 1.807) is 36.1 Å². The smallest absolute Gasteiger partial charge is 0.413 e. The van der Waals surface area contributed by atoms with Crippen molar-refractivity contribution in [1.82, 2.24) is 15.6 Å². The van der Waals surface area contributed by atoms with E-state index in [1.165, 1.54) is 12.1 Å². The van der Waals surface area contributed by atoms with Crippen LogP contribution in [0.25, 0.3) is 0 Å². The third kappa shape index (κ3) is 6.33. The summed E-state index contributed by atoms with van der Waals surface area (Å²) in [6, 6.07) is 8.46. The van der Waals surface area contributed by atoms with Crippen molar-refractivity contribution in [2.24, 2.45) is 0 Å². The highest BCUT2D eigenvalue weighted by Crippen LogP contribution is 2.39. The van der Waals surface area contributed by atoms with E-state index in [9.17, 15) is 19.6 Å². The number of imide groups is 1. The SMILES string of the molecule is CCOC(=O)NC(=O)C(C#N)NNc1cc(Cl)c(Oc2ccc3c(c2)CCN(CC)C3=O)c(Cl)c1. The summed E-state index contributed by atoms with van der Waals surface area (Å²) in [4.78, 5) is 37.6. The third-order valence-electron chi connectivity index (χ3n) is 5.10. The van der Waals surface area contributed by atoms with Gasteiger partial charge in [0.05, 0.1) is 28.4 Å². The van der Waals surface area contributed by atoms with Crippen LogP contribution in [0.5, 0.6) is 11.5 Å². The first kappa shape index (κ1) is 26.1. The number of fused-ring (bicyclic) bond motifs is 1. The highest BCUT2D eigenvalue weighted by Gasteiger charge is 2.24. The van der Waals surface area contributed by atoms with Crippen molar-refractivity contribution in [2.45, 2.75) is 26.3 Å². The number of halogens is 2. The Morgan fingerprint density at radius 2 is 1.91 bits per heavy atom. The predicted molar refractivity (Wildman–Crippen MR) is 130 cm³/mol. The lowest BCUT2D eigenvalue weighted by Crippen LogP contribution is -2.47. The molecule has 0 bridgehead atoms. The molecule has 0 saturated heterocycles. The van der Waals surface area contributed by atoms with E-state index in [0.29, 0.717) is 36.5 Å². The highest BCUT2D eigenvalue weighted by atomic mass is 35.5. The molecule has 12 heteroatoms.